The first-order valence-corrected chi connectivity index (χ1v) is 11.2. The van der Waals surface area contributed by atoms with Gasteiger partial charge in [-0.15, -0.1) is 11.3 Å². The molecule has 0 atom stereocenters. The van der Waals surface area contributed by atoms with Crippen LogP contribution >= 0.6 is 11.3 Å². The molecule has 1 aliphatic carbocycles. The van der Waals surface area contributed by atoms with E-state index in [0.29, 0.717) is 5.56 Å². The lowest BCUT2D eigenvalue weighted by atomic mass is 10.00. The monoisotopic (exact) mass is 393 g/mol. The summed E-state index contributed by atoms with van der Waals surface area (Å²) in [7, 11) is 0. The Labute approximate surface area is 171 Å². The molecule has 0 unspecified atom stereocenters. The molecule has 5 heteroatoms. The fraction of sp³-hybridized carbons (Fsp3) is 0.478. The first-order chi connectivity index (χ1) is 13.7. The van der Waals surface area contributed by atoms with E-state index in [9.17, 15) is 4.79 Å². The van der Waals surface area contributed by atoms with E-state index >= 15 is 0 Å². The number of carbonyl (C=O) groups excluding carboxylic acids is 1. The van der Waals surface area contributed by atoms with Crippen LogP contribution in [0.4, 0.5) is 0 Å². The highest BCUT2D eigenvalue weighted by Gasteiger charge is 2.24. The number of aryl methyl sites for hydroxylation is 2. The van der Waals surface area contributed by atoms with Gasteiger partial charge in [0.2, 0.25) is 0 Å². The molecule has 2 heterocycles. The van der Waals surface area contributed by atoms with Gasteiger partial charge in [0, 0.05) is 37.6 Å². The van der Waals surface area contributed by atoms with Crippen LogP contribution in [-0.2, 0) is 19.4 Å². The summed E-state index contributed by atoms with van der Waals surface area (Å²) in [5.41, 5.74) is 3.34. The van der Waals surface area contributed by atoms with Gasteiger partial charge in [-0.05, 0) is 55.0 Å². The lowest BCUT2D eigenvalue weighted by Gasteiger charge is -2.34. The highest BCUT2D eigenvalue weighted by molar-refractivity contribution is 7.14. The van der Waals surface area contributed by atoms with Crippen LogP contribution in [0.25, 0.3) is 0 Å². The van der Waals surface area contributed by atoms with Crippen molar-refractivity contribution in [2.45, 2.75) is 45.1 Å². The Morgan fingerprint density at radius 2 is 1.71 bits per heavy atom. The zero-order valence-electron chi connectivity index (χ0n) is 16.3. The number of thiophene rings is 1. The van der Waals surface area contributed by atoms with Crippen LogP contribution in [0.2, 0.25) is 0 Å². The van der Waals surface area contributed by atoms with Crippen LogP contribution < -0.4 is 0 Å². The van der Waals surface area contributed by atoms with E-state index in [1.165, 1.54) is 41.7 Å². The molecule has 1 aromatic heterocycles. The number of hydrogen-bond acceptors (Lipinski definition) is 4. The molecule has 1 aromatic carbocycles. The molecule has 0 N–H and O–H groups in total. The maximum atomic E-state index is 13.0. The van der Waals surface area contributed by atoms with Gasteiger partial charge in [-0.3, -0.25) is 9.69 Å². The number of piperazine rings is 1. The van der Waals surface area contributed by atoms with Crippen molar-refractivity contribution in [3.8, 4) is 6.07 Å². The molecule has 2 aromatic rings. The molecule has 0 spiro atoms. The predicted molar refractivity (Wildman–Crippen MR) is 113 cm³/mol. The van der Waals surface area contributed by atoms with E-state index in [2.05, 4.69) is 17.0 Å². The summed E-state index contributed by atoms with van der Waals surface area (Å²) in [5.74, 6) is 0.217. The second kappa shape index (κ2) is 8.89. The van der Waals surface area contributed by atoms with Crippen molar-refractivity contribution in [3.05, 3.63) is 56.8 Å². The second-order valence-corrected chi connectivity index (χ2v) is 8.99. The minimum atomic E-state index is 0.217. The third-order valence-corrected chi connectivity index (χ3v) is 7.08. The second-order valence-electron chi connectivity index (χ2n) is 7.85. The van der Waals surface area contributed by atoms with Crippen molar-refractivity contribution in [1.82, 2.24) is 9.80 Å². The highest BCUT2D eigenvalue weighted by atomic mass is 32.1. The summed E-state index contributed by atoms with van der Waals surface area (Å²) in [4.78, 5) is 19.8. The summed E-state index contributed by atoms with van der Waals surface area (Å²) >= 11 is 1.74. The number of fused-ring (bicyclic) bond motifs is 1. The van der Waals surface area contributed by atoms with Crippen molar-refractivity contribution in [2.24, 2.45) is 0 Å². The Balaban J connectivity index is 1.33. The fourth-order valence-corrected chi connectivity index (χ4v) is 5.38. The van der Waals surface area contributed by atoms with Gasteiger partial charge in [0.15, 0.2) is 0 Å². The minimum absolute atomic E-state index is 0.217. The van der Waals surface area contributed by atoms with E-state index in [0.717, 1.165) is 50.4 Å². The van der Waals surface area contributed by atoms with Crippen molar-refractivity contribution < 1.29 is 4.79 Å². The number of nitriles is 1. The Bertz CT molecular complexity index is 831. The van der Waals surface area contributed by atoms with E-state index in [1.54, 1.807) is 11.3 Å². The molecule has 4 rings (SSSR count). The standard InChI is InChI=1S/C23H27N3OS/c24-16-18-7-9-19(10-8-18)17-25-11-13-26(14-12-25)23(27)22-15-20-5-3-1-2-4-6-21(20)28-22/h7-10,15H,1-6,11-14,17H2. The Kier molecular flexibility index (Phi) is 6.09. The summed E-state index contributed by atoms with van der Waals surface area (Å²) in [6.45, 7) is 4.25. The van der Waals surface area contributed by atoms with E-state index in [1.807, 2.05) is 29.2 Å². The quantitative estimate of drug-likeness (QED) is 0.784. The third kappa shape index (κ3) is 4.45. The van der Waals surface area contributed by atoms with Gasteiger partial charge in [0.1, 0.15) is 0 Å². The van der Waals surface area contributed by atoms with Crippen molar-refractivity contribution in [3.63, 3.8) is 0 Å². The van der Waals surface area contributed by atoms with E-state index in [-0.39, 0.29) is 5.91 Å². The summed E-state index contributed by atoms with van der Waals surface area (Å²) in [6, 6.07) is 12.1. The molecule has 0 bridgehead atoms. The lowest BCUT2D eigenvalue weighted by Crippen LogP contribution is -2.48. The van der Waals surface area contributed by atoms with Crippen molar-refractivity contribution in [2.75, 3.05) is 26.2 Å². The lowest BCUT2D eigenvalue weighted by molar-refractivity contribution is 0.0633. The van der Waals surface area contributed by atoms with E-state index < -0.39 is 0 Å². The maximum absolute atomic E-state index is 13.0. The molecule has 1 aliphatic heterocycles. The van der Waals surface area contributed by atoms with Gasteiger partial charge in [-0.1, -0.05) is 25.0 Å². The smallest absolute Gasteiger partial charge is 0.264 e. The van der Waals surface area contributed by atoms with E-state index in [4.69, 9.17) is 5.26 Å². The number of hydrogen-bond donors (Lipinski definition) is 0. The minimum Gasteiger partial charge on any atom is -0.335 e. The fourth-order valence-electron chi connectivity index (χ4n) is 4.16. The van der Waals surface area contributed by atoms with Gasteiger partial charge in [0.25, 0.3) is 5.91 Å². The van der Waals surface area contributed by atoms with Crippen LogP contribution in [-0.4, -0.2) is 41.9 Å². The van der Waals surface area contributed by atoms with Gasteiger partial charge >= 0.3 is 0 Å². The van der Waals surface area contributed by atoms with Gasteiger partial charge in [-0.25, -0.2) is 0 Å². The Morgan fingerprint density at radius 1 is 1.00 bits per heavy atom. The van der Waals surface area contributed by atoms with Crippen molar-refractivity contribution in [1.29, 1.82) is 5.26 Å². The average molecular weight is 394 g/mol. The molecular formula is C23H27N3OS. The topological polar surface area (TPSA) is 47.3 Å². The van der Waals surface area contributed by atoms with Crippen LogP contribution in [0.5, 0.6) is 0 Å². The number of nitrogens with zero attached hydrogens (tertiary/aromatic N) is 3. The molecular weight excluding hydrogens is 366 g/mol. The largest absolute Gasteiger partial charge is 0.335 e. The molecule has 0 radical (unpaired) electrons. The van der Waals surface area contributed by atoms with Crippen molar-refractivity contribution >= 4 is 17.2 Å². The van der Waals surface area contributed by atoms with Gasteiger partial charge in [-0.2, -0.15) is 5.26 Å². The molecule has 146 valence electrons. The highest BCUT2D eigenvalue weighted by Crippen LogP contribution is 2.29. The maximum Gasteiger partial charge on any atom is 0.264 e. The third-order valence-electron chi connectivity index (χ3n) is 5.86. The first kappa shape index (κ1) is 19.2. The molecule has 1 fully saturated rings. The molecule has 0 saturated carbocycles. The van der Waals surface area contributed by atoms with Gasteiger partial charge < -0.3 is 4.90 Å². The molecule has 1 amide bonds. The van der Waals surface area contributed by atoms with Crippen LogP contribution in [0.3, 0.4) is 0 Å². The Morgan fingerprint density at radius 3 is 2.43 bits per heavy atom. The number of carbonyl (C=O) groups is 1. The molecule has 4 nitrogen and oxygen atoms in total. The zero-order chi connectivity index (χ0) is 19.3. The number of amides is 1. The summed E-state index contributed by atoms with van der Waals surface area (Å²) in [6.07, 6.45) is 7.44. The molecule has 2 aliphatic rings. The predicted octanol–water partition coefficient (Wildman–Crippen LogP) is 4.24. The van der Waals surface area contributed by atoms with Crippen LogP contribution in [0.1, 0.15) is 56.9 Å². The normalized spacial score (nSPS) is 18.0. The Hall–Kier alpha value is -2.16. The zero-order valence-corrected chi connectivity index (χ0v) is 17.1. The summed E-state index contributed by atoms with van der Waals surface area (Å²) in [5, 5.41) is 8.91. The first-order valence-electron chi connectivity index (χ1n) is 10.4. The molecule has 1 saturated heterocycles. The summed E-state index contributed by atoms with van der Waals surface area (Å²) < 4.78 is 0. The van der Waals surface area contributed by atoms with Gasteiger partial charge in [0.05, 0.1) is 16.5 Å². The van der Waals surface area contributed by atoms with Crippen LogP contribution in [0.15, 0.2) is 30.3 Å². The molecule has 28 heavy (non-hydrogen) atoms. The van der Waals surface area contributed by atoms with Crippen LogP contribution in [0, 0.1) is 11.3 Å². The number of rotatable bonds is 3. The number of benzene rings is 1. The SMILES string of the molecule is N#Cc1ccc(CN2CCN(C(=O)c3cc4c(s3)CCCCCC4)CC2)cc1. The average Bonchev–Trinajstić information content (AvgIpc) is 3.10.